The summed E-state index contributed by atoms with van der Waals surface area (Å²) in [5, 5.41) is 6.98. The largest absolute Gasteiger partial charge is 0.357 e. The van der Waals surface area contributed by atoms with Crippen LogP contribution in [0, 0.1) is 5.92 Å². The third-order valence-corrected chi connectivity index (χ3v) is 5.14. The summed E-state index contributed by atoms with van der Waals surface area (Å²) in [6.45, 7) is 21.2. The highest BCUT2D eigenvalue weighted by atomic mass is 15.3. The highest BCUT2D eigenvalue weighted by molar-refractivity contribution is 5.80. The first-order chi connectivity index (χ1) is 12.0. The topological polar surface area (TPSA) is 42.9 Å². The predicted octanol–water partition coefficient (Wildman–Crippen LogP) is 2.78. The predicted molar refractivity (Wildman–Crippen MR) is 110 cm³/mol. The van der Waals surface area contributed by atoms with Gasteiger partial charge in [0.2, 0.25) is 0 Å². The van der Waals surface area contributed by atoms with Crippen LogP contribution in [0.15, 0.2) is 4.99 Å². The SMILES string of the molecule is CCNC(=NCC(C)N1CCN(CC)CC1)NC(C)CCCC(C)C. The first-order valence-electron chi connectivity index (χ1n) is 10.5. The van der Waals surface area contributed by atoms with E-state index in [9.17, 15) is 0 Å². The lowest BCUT2D eigenvalue weighted by Crippen LogP contribution is -2.50. The van der Waals surface area contributed by atoms with Gasteiger partial charge in [-0.05, 0) is 39.7 Å². The van der Waals surface area contributed by atoms with Crippen molar-refractivity contribution in [2.75, 3.05) is 45.8 Å². The van der Waals surface area contributed by atoms with Gasteiger partial charge in [-0.15, -0.1) is 0 Å². The molecule has 2 atom stereocenters. The first kappa shape index (κ1) is 22.2. The highest BCUT2D eigenvalue weighted by Gasteiger charge is 2.20. The van der Waals surface area contributed by atoms with E-state index in [2.05, 4.69) is 62.0 Å². The summed E-state index contributed by atoms with van der Waals surface area (Å²) in [7, 11) is 0. The second kappa shape index (κ2) is 12.5. The lowest BCUT2D eigenvalue weighted by Gasteiger charge is -2.37. The molecule has 0 spiro atoms. The van der Waals surface area contributed by atoms with E-state index < -0.39 is 0 Å². The van der Waals surface area contributed by atoms with E-state index in [1.807, 2.05) is 0 Å². The molecule has 1 fully saturated rings. The van der Waals surface area contributed by atoms with Gasteiger partial charge in [-0.1, -0.05) is 33.6 Å². The van der Waals surface area contributed by atoms with E-state index in [-0.39, 0.29) is 0 Å². The van der Waals surface area contributed by atoms with Gasteiger partial charge in [-0.2, -0.15) is 0 Å². The van der Waals surface area contributed by atoms with Gasteiger partial charge in [0.05, 0.1) is 6.54 Å². The summed E-state index contributed by atoms with van der Waals surface area (Å²) in [6.07, 6.45) is 3.79. The molecule has 1 aliphatic heterocycles. The molecule has 0 aromatic carbocycles. The van der Waals surface area contributed by atoms with Crippen LogP contribution in [0.4, 0.5) is 0 Å². The van der Waals surface area contributed by atoms with Gasteiger partial charge in [0.25, 0.3) is 0 Å². The van der Waals surface area contributed by atoms with E-state index in [0.29, 0.717) is 12.1 Å². The first-order valence-corrected chi connectivity index (χ1v) is 10.5. The Morgan fingerprint density at radius 2 is 1.68 bits per heavy atom. The molecule has 0 radical (unpaired) electrons. The summed E-state index contributed by atoms with van der Waals surface area (Å²) >= 11 is 0. The van der Waals surface area contributed by atoms with Crippen LogP contribution in [-0.4, -0.2) is 73.7 Å². The number of nitrogens with zero attached hydrogens (tertiary/aromatic N) is 3. The van der Waals surface area contributed by atoms with Crippen molar-refractivity contribution >= 4 is 5.96 Å². The number of rotatable bonds is 10. The molecule has 0 saturated carbocycles. The number of hydrogen-bond acceptors (Lipinski definition) is 3. The average Bonchev–Trinajstić information content (AvgIpc) is 2.59. The second-order valence-electron chi connectivity index (χ2n) is 7.91. The summed E-state index contributed by atoms with van der Waals surface area (Å²) < 4.78 is 0. The van der Waals surface area contributed by atoms with Crippen LogP contribution in [0.3, 0.4) is 0 Å². The van der Waals surface area contributed by atoms with Gasteiger partial charge >= 0.3 is 0 Å². The molecule has 148 valence electrons. The maximum absolute atomic E-state index is 4.85. The normalized spacial score (nSPS) is 19.9. The third kappa shape index (κ3) is 9.45. The molecule has 0 aromatic heterocycles. The number of piperazine rings is 1. The van der Waals surface area contributed by atoms with Crippen LogP contribution in [0.1, 0.15) is 60.8 Å². The maximum atomic E-state index is 4.85. The highest BCUT2D eigenvalue weighted by Crippen LogP contribution is 2.09. The fraction of sp³-hybridized carbons (Fsp3) is 0.950. The van der Waals surface area contributed by atoms with Crippen molar-refractivity contribution in [3.05, 3.63) is 0 Å². The van der Waals surface area contributed by atoms with Gasteiger partial charge in [0, 0.05) is 44.8 Å². The number of hydrogen-bond donors (Lipinski definition) is 2. The number of guanidine groups is 1. The molecule has 0 aliphatic carbocycles. The Balaban J connectivity index is 2.40. The second-order valence-corrected chi connectivity index (χ2v) is 7.91. The van der Waals surface area contributed by atoms with Crippen molar-refractivity contribution in [2.24, 2.45) is 10.9 Å². The van der Waals surface area contributed by atoms with Gasteiger partial charge in [0.15, 0.2) is 5.96 Å². The van der Waals surface area contributed by atoms with Crippen LogP contribution >= 0.6 is 0 Å². The Morgan fingerprint density at radius 3 is 2.24 bits per heavy atom. The molecule has 0 bridgehead atoms. The third-order valence-electron chi connectivity index (χ3n) is 5.14. The Bertz CT molecular complexity index is 361. The standard InChI is InChI=1S/C20H43N5/c1-7-21-20(23-18(5)11-9-10-17(3)4)22-16-19(6)25-14-12-24(8-2)13-15-25/h17-19H,7-16H2,1-6H3,(H2,21,22,23). The van der Waals surface area contributed by atoms with Crippen molar-refractivity contribution < 1.29 is 0 Å². The van der Waals surface area contributed by atoms with E-state index in [0.717, 1.165) is 25.0 Å². The maximum Gasteiger partial charge on any atom is 0.191 e. The molecule has 25 heavy (non-hydrogen) atoms. The average molecular weight is 354 g/mol. The van der Waals surface area contributed by atoms with Crippen LogP contribution in [0.25, 0.3) is 0 Å². The van der Waals surface area contributed by atoms with Gasteiger partial charge in [0.1, 0.15) is 0 Å². The molecule has 2 N–H and O–H groups in total. The molecular formula is C20H43N5. The Hall–Kier alpha value is -0.810. The van der Waals surface area contributed by atoms with Gasteiger partial charge in [-0.3, -0.25) is 9.89 Å². The smallest absolute Gasteiger partial charge is 0.191 e. The molecule has 1 heterocycles. The fourth-order valence-electron chi connectivity index (χ4n) is 3.32. The monoisotopic (exact) mass is 353 g/mol. The molecule has 2 unspecified atom stereocenters. The fourth-order valence-corrected chi connectivity index (χ4v) is 3.32. The van der Waals surface area contributed by atoms with Crippen LogP contribution < -0.4 is 10.6 Å². The molecule has 0 amide bonds. The van der Waals surface area contributed by atoms with E-state index in [1.165, 1.54) is 52.0 Å². The molecule has 1 aliphatic rings. The van der Waals surface area contributed by atoms with E-state index >= 15 is 0 Å². The summed E-state index contributed by atoms with van der Waals surface area (Å²) in [5.74, 6) is 1.77. The molecule has 1 rings (SSSR count). The molecule has 1 saturated heterocycles. The van der Waals surface area contributed by atoms with E-state index in [4.69, 9.17) is 4.99 Å². The summed E-state index contributed by atoms with van der Waals surface area (Å²) in [5.41, 5.74) is 0. The quantitative estimate of drug-likeness (QED) is 0.468. The Kier molecular flexibility index (Phi) is 11.1. The Labute approximate surface area is 156 Å². The molecule has 5 nitrogen and oxygen atoms in total. The van der Waals surface area contributed by atoms with Crippen molar-refractivity contribution in [1.29, 1.82) is 0 Å². The number of nitrogens with one attached hydrogen (secondary N) is 2. The van der Waals surface area contributed by atoms with Gasteiger partial charge < -0.3 is 15.5 Å². The minimum absolute atomic E-state index is 0.472. The van der Waals surface area contributed by atoms with Gasteiger partial charge in [-0.25, -0.2) is 0 Å². The lowest BCUT2D eigenvalue weighted by atomic mass is 10.0. The molecule has 5 heteroatoms. The number of likely N-dealkylation sites (N-methyl/N-ethyl adjacent to an activating group) is 1. The zero-order valence-electron chi connectivity index (χ0n) is 17.6. The molecular weight excluding hydrogens is 310 g/mol. The minimum atomic E-state index is 0.472. The summed E-state index contributed by atoms with van der Waals surface area (Å²) in [4.78, 5) is 9.95. The van der Waals surface area contributed by atoms with Crippen molar-refractivity contribution in [1.82, 2.24) is 20.4 Å². The number of aliphatic imine (C=N–C) groups is 1. The lowest BCUT2D eigenvalue weighted by molar-refractivity contribution is 0.109. The van der Waals surface area contributed by atoms with Crippen LogP contribution in [0.5, 0.6) is 0 Å². The Morgan fingerprint density at radius 1 is 1.00 bits per heavy atom. The molecule has 0 aromatic rings. The van der Waals surface area contributed by atoms with Crippen molar-refractivity contribution in [3.63, 3.8) is 0 Å². The van der Waals surface area contributed by atoms with Crippen LogP contribution in [-0.2, 0) is 0 Å². The zero-order valence-corrected chi connectivity index (χ0v) is 17.6. The van der Waals surface area contributed by atoms with Crippen LogP contribution in [0.2, 0.25) is 0 Å². The van der Waals surface area contributed by atoms with Crippen molar-refractivity contribution in [3.8, 4) is 0 Å². The zero-order chi connectivity index (χ0) is 18.7. The minimum Gasteiger partial charge on any atom is -0.357 e. The van der Waals surface area contributed by atoms with E-state index in [1.54, 1.807) is 0 Å². The van der Waals surface area contributed by atoms with Crippen molar-refractivity contribution in [2.45, 2.75) is 72.9 Å². The summed E-state index contributed by atoms with van der Waals surface area (Å²) in [6, 6.07) is 0.977.